The number of carbonyl (C=O) groups is 1. The summed E-state index contributed by atoms with van der Waals surface area (Å²) in [7, 11) is 0. The molecule has 0 radical (unpaired) electrons. The van der Waals surface area contributed by atoms with Crippen molar-refractivity contribution in [2.24, 2.45) is 0 Å². The molecule has 3 aromatic rings. The molecule has 0 saturated carbocycles. The number of rotatable bonds is 7. The number of anilines is 1. The van der Waals surface area contributed by atoms with E-state index in [4.69, 9.17) is 0 Å². The summed E-state index contributed by atoms with van der Waals surface area (Å²) in [6, 6.07) is 14.2. The molecule has 0 saturated heterocycles. The number of hydrogen-bond donors (Lipinski definition) is 2. The van der Waals surface area contributed by atoms with Gasteiger partial charge in [-0.05, 0) is 54.7 Å². The molecule has 4 nitrogen and oxygen atoms in total. The quantitative estimate of drug-likeness (QED) is 0.660. The van der Waals surface area contributed by atoms with Crippen LogP contribution in [-0.2, 0) is 24.1 Å². The third-order valence-electron chi connectivity index (χ3n) is 4.37. The van der Waals surface area contributed by atoms with E-state index in [0.29, 0.717) is 6.42 Å². The standard InChI is InChI=1S/C21H25N3O/c1-3-5-20-23-18-12-8-16(14-19(18)24-20)9-13-21(25)22-17-10-6-15(4-2)7-11-17/h6-8,10-12,14H,3-5,9,13H2,1-2H3,(H,22,25)(H,23,24). The van der Waals surface area contributed by atoms with E-state index in [1.165, 1.54) is 5.56 Å². The molecule has 0 atom stereocenters. The number of imidazole rings is 1. The van der Waals surface area contributed by atoms with Crippen LogP contribution in [0.3, 0.4) is 0 Å². The second kappa shape index (κ2) is 7.97. The Hall–Kier alpha value is -2.62. The molecular weight excluding hydrogens is 310 g/mol. The Balaban J connectivity index is 1.58. The van der Waals surface area contributed by atoms with Crippen molar-refractivity contribution in [2.75, 3.05) is 5.32 Å². The first-order valence-electron chi connectivity index (χ1n) is 9.04. The fourth-order valence-electron chi connectivity index (χ4n) is 2.93. The maximum atomic E-state index is 12.2. The molecule has 2 aromatic carbocycles. The van der Waals surface area contributed by atoms with Crippen molar-refractivity contribution in [3.05, 3.63) is 59.4 Å². The number of aryl methyl sites for hydroxylation is 3. The van der Waals surface area contributed by atoms with E-state index in [9.17, 15) is 4.79 Å². The first kappa shape index (κ1) is 17.2. The van der Waals surface area contributed by atoms with E-state index < -0.39 is 0 Å². The van der Waals surface area contributed by atoms with Gasteiger partial charge in [0.15, 0.2) is 0 Å². The van der Waals surface area contributed by atoms with Gasteiger partial charge in [0.2, 0.25) is 5.91 Å². The number of nitrogens with one attached hydrogen (secondary N) is 2. The molecule has 0 spiro atoms. The summed E-state index contributed by atoms with van der Waals surface area (Å²) in [6.45, 7) is 4.27. The van der Waals surface area contributed by atoms with E-state index in [1.54, 1.807) is 0 Å². The van der Waals surface area contributed by atoms with E-state index in [1.807, 2.05) is 18.2 Å². The lowest BCUT2D eigenvalue weighted by molar-refractivity contribution is -0.116. The molecule has 2 N–H and O–H groups in total. The highest BCUT2D eigenvalue weighted by molar-refractivity contribution is 5.90. The average molecular weight is 335 g/mol. The Labute approximate surface area is 148 Å². The molecule has 0 unspecified atom stereocenters. The average Bonchev–Trinajstić information content (AvgIpc) is 3.02. The summed E-state index contributed by atoms with van der Waals surface area (Å²) in [6.07, 6.45) is 4.23. The molecule has 130 valence electrons. The van der Waals surface area contributed by atoms with Gasteiger partial charge in [0, 0.05) is 18.5 Å². The van der Waals surface area contributed by atoms with E-state index in [-0.39, 0.29) is 5.91 Å². The molecule has 25 heavy (non-hydrogen) atoms. The molecule has 1 heterocycles. The van der Waals surface area contributed by atoms with Crippen LogP contribution in [0, 0.1) is 0 Å². The summed E-state index contributed by atoms with van der Waals surface area (Å²) < 4.78 is 0. The number of aromatic amines is 1. The van der Waals surface area contributed by atoms with Gasteiger partial charge in [-0.15, -0.1) is 0 Å². The van der Waals surface area contributed by atoms with Crippen molar-refractivity contribution in [1.82, 2.24) is 9.97 Å². The minimum Gasteiger partial charge on any atom is -0.342 e. The fraction of sp³-hybridized carbons (Fsp3) is 0.333. The molecule has 0 aliphatic heterocycles. The van der Waals surface area contributed by atoms with Crippen molar-refractivity contribution in [3.8, 4) is 0 Å². The number of amides is 1. The predicted octanol–water partition coefficient (Wildman–Crippen LogP) is 4.65. The Morgan fingerprint density at radius 3 is 2.52 bits per heavy atom. The number of carbonyl (C=O) groups excluding carboxylic acids is 1. The smallest absolute Gasteiger partial charge is 0.224 e. The molecule has 0 aliphatic rings. The van der Waals surface area contributed by atoms with Crippen molar-refractivity contribution in [1.29, 1.82) is 0 Å². The second-order valence-electron chi connectivity index (χ2n) is 6.38. The third kappa shape index (κ3) is 4.47. The van der Waals surface area contributed by atoms with Gasteiger partial charge in [0.25, 0.3) is 0 Å². The zero-order valence-electron chi connectivity index (χ0n) is 14.9. The van der Waals surface area contributed by atoms with Gasteiger partial charge in [-0.2, -0.15) is 0 Å². The third-order valence-corrected chi connectivity index (χ3v) is 4.37. The Morgan fingerprint density at radius 1 is 1.04 bits per heavy atom. The normalized spacial score (nSPS) is 11.0. The fourth-order valence-corrected chi connectivity index (χ4v) is 2.93. The van der Waals surface area contributed by atoms with Gasteiger partial charge in [-0.25, -0.2) is 4.98 Å². The van der Waals surface area contributed by atoms with Gasteiger partial charge in [0.1, 0.15) is 5.82 Å². The largest absolute Gasteiger partial charge is 0.342 e. The number of fused-ring (bicyclic) bond motifs is 1. The molecule has 4 heteroatoms. The Morgan fingerprint density at radius 2 is 1.80 bits per heavy atom. The lowest BCUT2D eigenvalue weighted by Gasteiger charge is -2.06. The minimum absolute atomic E-state index is 0.0422. The highest BCUT2D eigenvalue weighted by atomic mass is 16.1. The monoisotopic (exact) mass is 335 g/mol. The van der Waals surface area contributed by atoms with Crippen LogP contribution in [0.5, 0.6) is 0 Å². The predicted molar refractivity (Wildman–Crippen MR) is 103 cm³/mol. The summed E-state index contributed by atoms with van der Waals surface area (Å²) in [5, 5.41) is 2.96. The van der Waals surface area contributed by atoms with Crippen LogP contribution in [0.4, 0.5) is 5.69 Å². The summed E-state index contributed by atoms with van der Waals surface area (Å²) in [5.74, 6) is 1.07. The van der Waals surface area contributed by atoms with Crippen LogP contribution in [0.25, 0.3) is 11.0 Å². The zero-order chi connectivity index (χ0) is 17.6. The van der Waals surface area contributed by atoms with Crippen LogP contribution in [0.1, 0.15) is 43.6 Å². The first-order chi connectivity index (χ1) is 12.2. The Bertz CT molecular complexity index is 849. The van der Waals surface area contributed by atoms with Crippen LogP contribution < -0.4 is 5.32 Å². The molecule has 0 aliphatic carbocycles. The number of hydrogen-bond acceptors (Lipinski definition) is 2. The highest BCUT2D eigenvalue weighted by Gasteiger charge is 2.06. The van der Waals surface area contributed by atoms with Crippen molar-refractivity contribution in [3.63, 3.8) is 0 Å². The second-order valence-corrected chi connectivity index (χ2v) is 6.38. The number of aromatic nitrogens is 2. The first-order valence-corrected chi connectivity index (χ1v) is 9.04. The summed E-state index contributed by atoms with van der Waals surface area (Å²) in [5.41, 5.74) is 5.32. The van der Waals surface area contributed by atoms with Crippen molar-refractivity contribution >= 4 is 22.6 Å². The Kier molecular flexibility index (Phi) is 5.49. The van der Waals surface area contributed by atoms with Crippen LogP contribution >= 0.6 is 0 Å². The number of nitrogens with zero attached hydrogens (tertiary/aromatic N) is 1. The zero-order valence-corrected chi connectivity index (χ0v) is 14.9. The minimum atomic E-state index is 0.0422. The SMILES string of the molecule is CCCc1nc2ccc(CCC(=O)Nc3ccc(CC)cc3)cc2[nH]1. The molecule has 0 bridgehead atoms. The van der Waals surface area contributed by atoms with E-state index in [0.717, 1.165) is 53.8 Å². The topological polar surface area (TPSA) is 57.8 Å². The van der Waals surface area contributed by atoms with Crippen LogP contribution in [0.15, 0.2) is 42.5 Å². The molecular formula is C21H25N3O. The van der Waals surface area contributed by atoms with E-state index >= 15 is 0 Å². The summed E-state index contributed by atoms with van der Waals surface area (Å²) >= 11 is 0. The van der Waals surface area contributed by atoms with Gasteiger partial charge in [-0.3, -0.25) is 4.79 Å². The maximum absolute atomic E-state index is 12.2. The number of benzene rings is 2. The van der Waals surface area contributed by atoms with Gasteiger partial charge in [-0.1, -0.05) is 32.0 Å². The number of H-pyrrole nitrogens is 1. The van der Waals surface area contributed by atoms with Crippen LogP contribution in [0.2, 0.25) is 0 Å². The van der Waals surface area contributed by atoms with Crippen molar-refractivity contribution in [2.45, 2.75) is 46.0 Å². The molecule has 3 rings (SSSR count). The van der Waals surface area contributed by atoms with Crippen molar-refractivity contribution < 1.29 is 4.79 Å². The van der Waals surface area contributed by atoms with Gasteiger partial charge in [0.05, 0.1) is 11.0 Å². The lowest BCUT2D eigenvalue weighted by atomic mass is 10.1. The summed E-state index contributed by atoms with van der Waals surface area (Å²) in [4.78, 5) is 20.1. The maximum Gasteiger partial charge on any atom is 0.224 e. The molecule has 1 amide bonds. The lowest BCUT2D eigenvalue weighted by Crippen LogP contribution is -2.12. The van der Waals surface area contributed by atoms with E-state index in [2.05, 4.69) is 53.4 Å². The molecule has 1 aromatic heterocycles. The van der Waals surface area contributed by atoms with Gasteiger partial charge >= 0.3 is 0 Å². The highest BCUT2D eigenvalue weighted by Crippen LogP contribution is 2.16. The molecule has 0 fully saturated rings. The van der Waals surface area contributed by atoms with Crippen LogP contribution in [-0.4, -0.2) is 15.9 Å². The van der Waals surface area contributed by atoms with Gasteiger partial charge < -0.3 is 10.3 Å².